The van der Waals surface area contributed by atoms with Gasteiger partial charge in [0.05, 0.1) is 0 Å². The van der Waals surface area contributed by atoms with Crippen LogP contribution in [0.25, 0.3) is 0 Å². The summed E-state index contributed by atoms with van der Waals surface area (Å²) in [5, 5.41) is 0. The lowest BCUT2D eigenvalue weighted by Gasteiger charge is -2.26. The lowest BCUT2D eigenvalue weighted by atomic mass is 9.80. The highest BCUT2D eigenvalue weighted by atomic mass is 15.2. The molecule has 1 aromatic heterocycles. The number of hydrazine groups is 1. The van der Waals surface area contributed by atoms with Gasteiger partial charge in [-0.3, -0.25) is 16.3 Å². The number of nitrogens with one attached hydrogen (secondary N) is 1. The molecule has 0 saturated heterocycles. The van der Waals surface area contributed by atoms with Crippen LogP contribution < -0.4 is 11.3 Å². The van der Waals surface area contributed by atoms with E-state index in [1.807, 2.05) is 12.3 Å². The molecule has 1 heterocycles. The molecule has 1 atom stereocenters. The Balaban J connectivity index is 1.62. The highest BCUT2D eigenvalue weighted by molar-refractivity contribution is 5.28. The normalized spacial score (nSPS) is 16.4. The molecule has 1 saturated carbocycles. The summed E-state index contributed by atoms with van der Waals surface area (Å²) in [6, 6.07) is 13.3. The van der Waals surface area contributed by atoms with Crippen LogP contribution in [0.4, 0.5) is 0 Å². The van der Waals surface area contributed by atoms with Crippen molar-refractivity contribution in [2.45, 2.75) is 44.1 Å². The Morgan fingerprint density at radius 3 is 2.57 bits per heavy atom. The van der Waals surface area contributed by atoms with Gasteiger partial charge in [0.2, 0.25) is 0 Å². The molecule has 0 amide bonds. The standard InChI is InChI=1S/C18H23N3/c19-21-18(11-6-14-3-2-12-20-13-14)17-9-7-16(8-10-17)15-4-1-5-15/h2-3,7-10,12-13,15,18,21H,1,4-6,11,19H2. The zero-order valence-electron chi connectivity index (χ0n) is 12.3. The smallest absolute Gasteiger partial charge is 0.0463 e. The van der Waals surface area contributed by atoms with Crippen LogP contribution in [0.15, 0.2) is 48.8 Å². The molecule has 21 heavy (non-hydrogen) atoms. The maximum absolute atomic E-state index is 5.74. The van der Waals surface area contributed by atoms with E-state index in [4.69, 9.17) is 5.84 Å². The van der Waals surface area contributed by atoms with Crippen LogP contribution in [0, 0.1) is 0 Å². The molecule has 0 aliphatic heterocycles. The van der Waals surface area contributed by atoms with E-state index in [0.717, 1.165) is 18.8 Å². The monoisotopic (exact) mass is 281 g/mol. The molecule has 1 aliphatic rings. The van der Waals surface area contributed by atoms with Crippen molar-refractivity contribution in [1.82, 2.24) is 10.4 Å². The largest absolute Gasteiger partial charge is 0.271 e. The first-order valence-electron chi connectivity index (χ1n) is 7.81. The Labute approximate surface area is 126 Å². The molecular weight excluding hydrogens is 258 g/mol. The second kappa shape index (κ2) is 6.83. The third-order valence-electron chi connectivity index (χ3n) is 4.56. The molecule has 1 fully saturated rings. The molecule has 2 aromatic rings. The molecule has 110 valence electrons. The molecule has 3 nitrogen and oxygen atoms in total. The summed E-state index contributed by atoms with van der Waals surface area (Å²) < 4.78 is 0. The number of nitrogens with zero attached hydrogens (tertiary/aromatic N) is 1. The summed E-state index contributed by atoms with van der Waals surface area (Å²) in [4.78, 5) is 4.16. The van der Waals surface area contributed by atoms with E-state index in [9.17, 15) is 0 Å². The van der Waals surface area contributed by atoms with E-state index in [1.165, 1.54) is 36.0 Å². The van der Waals surface area contributed by atoms with Gasteiger partial charge in [0.15, 0.2) is 0 Å². The number of rotatable bonds is 6. The SMILES string of the molecule is NNC(CCc1cccnc1)c1ccc(C2CCC2)cc1. The number of aromatic nitrogens is 1. The highest BCUT2D eigenvalue weighted by Gasteiger charge is 2.19. The third kappa shape index (κ3) is 3.49. The van der Waals surface area contributed by atoms with Gasteiger partial charge in [0.25, 0.3) is 0 Å². The van der Waals surface area contributed by atoms with Gasteiger partial charge in [-0.1, -0.05) is 36.8 Å². The van der Waals surface area contributed by atoms with Crippen LogP contribution in [0.5, 0.6) is 0 Å². The number of hydrogen-bond donors (Lipinski definition) is 2. The Morgan fingerprint density at radius 2 is 2.00 bits per heavy atom. The minimum Gasteiger partial charge on any atom is -0.271 e. The first-order chi connectivity index (χ1) is 10.4. The Kier molecular flexibility index (Phi) is 4.63. The first kappa shape index (κ1) is 14.2. The van der Waals surface area contributed by atoms with Crippen LogP contribution in [0.1, 0.15) is 54.3 Å². The molecular formula is C18H23N3. The third-order valence-corrected chi connectivity index (χ3v) is 4.56. The van der Waals surface area contributed by atoms with Crippen molar-refractivity contribution in [2.24, 2.45) is 5.84 Å². The lowest BCUT2D eigenvalue weighted by Crippen LogP contribution is -2.28. The van der Waals surface area contributed by atoms with Crippen molar-refractivity contribution in [3.8, 4) is 0 Å². The van der Waals surface area contributed by atoms with Crippen LogP contribution in [-0.2, 0) is 6.42 Å². The predicted octanol–water partition coefficient (Wildman–Crippen LogP) is 3.49. The fourth-order valence-electron chi connectivity index (χ4n) is 2.95. The van der Waals surface area contributed by atoms with E-state index in [0.29, 0.717) is 0 Å². The minimum atomic E-state index is 0.195. The fraction of sp³-hybridized carbons (Fsp3) is 0.389. The molecule has 1 aromatic carbocycles. The molecule has 0 bridgehead atoms. The van der Waals surface area contributed by atoms with Crippen LogP contribution in [-0.4, -0.2) is 4.98 Å². The number of benzene rings is 1. The first-order valence-corrected chi connectivity index (χ1v) is 7.81. The summed E-state index contributed by atoms with van der Waals surface area (Å²) in [7, 11) is 0. The Hall–Kier alpha value is -1.71. The van der Waals surface area contributed by atoms with Gasteiger partial charge in [-0.05, 0) is 54.4 Å². The maximum atomic E-state index is 5.74. The van der Waals surface area contributed by atoms with Crippen molar-refractivity contribution in [3.05, 3.63) is 65.5 Å². The molecule has 1 aliphatic carbocycles. The highest BCUT2D eigenvalue weighted by Crippen LogP contribution is 2.36. The summed E-state index contributed by atoms with van der Waals surface area (Å²) in [5.41, 5.74) is 6.95. The van der Waals surface area contributed by atoms with E-state index in [1.54, 1.807) is 6.20 Å². The van der Waals surface area contributed by atoms with Gasteiger partial charge < -0.3 is 0 Å². The van der Waals surface area contributed by atoms with Gasteiger partial charge in [-0.2, -0.15) is 0 Å². The average molecular weight is 281 g/mol. The average Bonchev–Trinajstić information content (AvgIpc) is 2.49. The van der Waals surface area contributed by atoms with E-state index < -0.39 is 0 Å². The molecule has 3 heteroatoms. The predicted molar refractivity (Wildman–Crippen MR) is 85.7 cm³/mol. The molecule has 0 spiro atoms. The van der Waals surface area contributed by atoms with Gasteiger partial charge in [-0.25, -0.2) is 0 Å². The van der Waals surface area contributed by atoms with Crippen molar-refractivity contribution in [2.75, 3.05) is 0 Å². The summed E-state index contributed by atoms with van der Waals surface area (Å²) >= 11 is 0. The van der Waals surface area contributed by atoms with E-state index in [2.05, 4.69) is 40.7 Å². The van der Waals surface area contributed by atoms with E-state index >= 15 is 0 Å². The molecule has 3 N–H and O–H groups in total. The second-order valence-electron chi connectivity index (χ2n) is 5.91. The molecule has 0 radical (unpaired) electrons. The minimum absolute atomic E-state index is 0.195. The van der Waals surface area contributed by atoms with Crippen molar-refractivity contribution in [1.29, 1.82) is 0 Å². The zero-order valence-corrected chi connectivity index (χ0v) is 12.3. The number of pyridine rings is 1. The Morgan fingerprint density at radius 1 is 1.19 bits per heavy atom. The summed E-state index contributed by atoms with van der Waals surface area (Å²) in [6.45, 7) is 0. The second-order valence-corrected chi connectivity index (χ2v) is 5.91. The topological polar surface area (TPSA) is 50.9 Å². The summed E-state index contributed by atoms with van der Waals surface area (Å²) in [5.74, 6) is 6.53. The van der Waals surface area contributed by atoms with Gasteiger partial charge in [-0.15, -0.1) is 0 Å². The molecule has 1 unspecified atom stereocenters. The number of hydrogen-bond acceptors (Lipinski definition) is 3. The summed E-state index contributed by atoms with van der Waals surface area (Å²) in [6.07, 6.45) is 9.76. The van der Waals surface area contributed by atoms with Gasteiger partial charge in [0, 0.05) is 18.4 Å². The quantitative estimate of drug-likeness (QED) is 0.629. The van der Waals surface area contributed by atoms with Crippen LogP contribution >= 0.6 is 0 Å². The van der Waals surface area contributed by atoms with Crippen molar-refractivity contribution < 1.29 is 0 Å². The zero-order chi connectivity index (χ0) is 14.5. The fourth-order valence-corrected chi connectivity index (χ4v) is 2.95. The maximum Gasteiger partial charge on any atom is 0.0463 e. The van der Waals surface area contributed by atoms with Crippen molar-refractivity contribution in [3.63, 3.8) is 0 Å². The van der Waals surface area contributed by atoms with Gasteiger partial charge in [0.1, 0.15) is 0 Å². The molecule has 3 rings (SSSR count). The van der Waals surface area contributed by atoms with Gasteiger partial charge >= 0.3 is 0 Å². The van der Waals surface area contributed by atoms with E-state index in [-0.39, 0.29) is 6.04 Å². The van der Waals surface area contributed by atoms with Crippen LogP contribution in [0.3, 0.4) is 0 Å². The van der Waals surface area contributed by atoms with Crippen LogP contribution in [0.2, 0.25) is 0 Å². The number of nitrogens with two attached hydrogens (primary N) is 1. The number of aryl methyl sites for hydroxylation is 1. The van der Waals surface area contributed by atoms with Crippen molar-refractivity contribution >= 4 is 0 Å². The lowest BCUT2D eigenvalue weighted by molar-refractivity contribution is 0.419. The Bertz CT molecular complexity index is 546.